The summed E-state index contributed by atoms with van der Waals surface area (Å²) >= 11 is 0. The fourth-order valence-corrected chi connectivity index (χ4v) is 3.78. The molecule has 2 rings (SSSR count). The number of carbonyl (C=O) groups excluding carboxylic acids is 2. The third kappa shape index (κ3) is 5.64. The molecule has 1 saturated heterocycles. The number of likely N-dealkylation sites (tertiary alicyclic amines) is 1. The molecule has 6 heteroatoms. The summed E-state index contributed by atoms with van der Waals surface area (Å²) in [4.78, 5) is 26.6. The lowest BCUT2D eigenvalue weighted by atomic mass is 9.92. The van der Waals surface area contributed by atoms with Gasteiger partial charge in [0.1, 0.15) is 0 Å². The maximum atomic E-state index is 12.5. The molecule has 5 nitrogen and oxygen atoms in total. The molecule has 1 saturated carbocycles. The molecule has 0 aromatic carbocycles. The van der Waals surface area contributed by atoms with E-state index in [1.807, 2.05) is 11.8 Å². The number of piperidine rings is 1. The normalized spacial score (nSPS) is 26.5. The zero-order valence-electron chi connectivity index (χ0n) is 14.4. The van der Waals surface area contributed by atoms with Crippen LogP contribution in [0, 0.1) is 11.8 Å². The topological polar surface area (TPSA) is 75.4 Å². The first kappa shape index (κ1) is 20.2. The van der Waals surface area contributed by atoms with Crippen LogP contribution in [0.1, 0.15) is 58.8 Å². The van der Waals surface area contributed by atoms with Crippen LogP contribution < -0.4 is 11.1 Å². The molecule has 1 aliphatic heterocycles. The van der Waals surface area contributed by atoms with Crippen molar-refractivity contribution in [1.82, 2.24) is 10.2 Å². The number of carbonyl (C=O) groups is 2. The predicted molar refractivity (Wildman–Crippen MR) is 94.4 cm³/mol. The number of nitrogens with zero attached hydrogens (tertiary/aromatic N) is 1. The Morgan fingerprint density at radius 2 is 1.91 bits per heavy atom. The molecule has 0 aromatic heterocycles. The molecule has 2 amide bonds. The van der Waals surface area contributed by atoms with E-state index in [9.17, 15) is 9.59 Å². The van der Waals surface area contributed by atoms with E-state index in [0.29, 0.717) is 18.9 Å². The van der Waals surface area contributed by atoms with E-state index >= 15 is 0 Å². The van der Waals surface area contributed by atoms with Gasteiger partial charge in [-0.3, -0.25) is 9.59 Å². The van der Waals surface area contributed by atoms with Crippen molar-refractivity contribution in [2.75, 3.05) is 13.1 Å². The van der Waals surface area contributed by atoms with Crippen LogP contribution in [-0.2, 0) is 9.59 Å². The highest BCUT2D eigenvalue weighted by atomic mass is 35.5. The second kappa shape index (κ2) is 9.48. The highest BCUT2D eigenvalue weighted by Gasteiger charge is 2.30. The van der Waals surface area contributed by atoms with Crippen LogP contribution in [0.15, 0.2) is 0 Å². The molecule has 3 atom stereocenters. The van der Waals surface area contributed by atoms with Crippen molar-refractivity contribution in [1.29, 1.82) is 0 Å². The number of nitrogens with two attached hydrogens (primary N) is 1. The van der Waals surface area contributed by atoms with Crippen molar-refractivity contribution in [3.8, 4) is 0 Å². The molecular formula is C17H32ClN3O2. The van der Waals surface area contributed by atoms with Crippen LogP contribution >= 0.6 is 12.4 Å². The number of rotatable bonds is 5. The Kier molecular flexibility index (Phi) is 8.34. The predicted octanol–water partition coefficient (Wildman–Crippen LogP) is 2.08. The largest absolute Gasteiger partial charge is 0.353 e. The Bertz CT molecular complexity index is 399. The zero-order valence-corrected chi connectivity index (χ0v) is 15.2. The van der Waals surface area contributed by atoms with Crippen LogP contribution in [0.4, 0.5) is 0 Å². The molecule has 23 heavy (non-hydrogen) atoms. The quantitative estimate of drug-likeness (QED) is 0.801. The molecule has 0 bridgehead atoms. The van der Waals surface area contributed by atoms with Gasteiger partial charge in [-0.1, -0.05) is 19.8 Å². The molecule has 1 aliphatic carbocycles. The lowest BCUT2D eigenvalue weighted by molar-refractivity contribution is -0.136. The SMILES string of the molecule is CC1CCN(C(=O)CC(C)NC(=O)C2CCCC2)C(CN)C1.Cl. The van der Waals surface area contributed by atoms with Crippen LogP contribution in [0.25, 0.3) is 0 Å². The van der Waals surface area contributed by atoms with Gasteiger partial charge in [0.25, 0.3) is 0 Å². The molecule has 0 spiro atoms. The van der Waals surface area contributed by atoms with E-state index < -0.39 is 0 Å². The van der Waals surface area contributed by atoms with Gasteiger partial charge in [-0.15, -0.1) is 12.4 Å². The smallest absolute Gasteiger partial charge is 0.224 e. The van der Waals surface area contributed by atoms with E-state index in [0.717, 1.165) is 45.1 Å². The second-order valence-corrected chi connectivity index (χ2v) is 7.20. The van der Waals surface area contributed by atoms with Crippen molar-refractivity contribution in [2.45, 2.75) is 70.9 Å². The monoisotopic (exact) mass is 345 g/mol. The standard InChI is InChI=1S/C17H31N3O2.ClH/c1-12-7-8-20(15(9-12)11-18)16(21)10-13(2)19-17(22)14-5-3-4-6-14;/h12-15H,3-11,18H2,1-2H3,(H,19,22);1H. The summed E-state index contributed by atoms with van der Waals surface area (Å²) in [5, 5.41) is 3.02. The zero-order chi connectivity index (χ0) is 16.1. The maximum Gasteiger partial charge on any atom is 0.224 e. The van der Waals surface area contributed by atoms with Gasteiger partial charge < -0.3 is 16.0 Å². The van der Waals surface area contributed by atoms with E-state index in [1.165, 1.54) is 0 Å². The molecule has 1 heterocycles. The van der Waals surface area contributed by atoms with Gasteiger partial charge in [0.05, 0.1) is 0 Å². The Hall–Kier alpha value is -0.810. The highest BCUT2D eigenvalue weighted by molar-refractivity contribution is 5.85. The van der Waals surface area contributed by atoms with Crippen LogP contribution in [0.5, 0.6) is 0 Å². The number of halogens is 1. The van der Waals surface area contributed by atoms with E-state index in [4.69, 9.17) is 5.73 Å². The van der Waals surface area contributed by atoms with Gasteiger partial charge in [-0.2, -0.15) is 0 Å². The van der Waals surface area contributed by atoms with Crippen molar-refractivity contribution in [3.63, 3.8) is 0 Å². The maximum absolute atomic E-state index is 12.5. The van der Waals surface area contributed by atoms with Crippen LogP contribution in [0.3, 0.4) is 0 Å². The molecular weight excluding hydrogens is 314 g/mol. The number of nitrogens with one attached hydrogen (secondary N) is 1. The Morgan fingerprint density at radius 1 is 1.26 bits per heavy atom. The lowest BCUT2D eigenvalue weighted by Crippen LogP contribution is -2.50. The molecule has 0 radical (unpaired) electrons. The average Bonchev–Trinajstić information content (AvgIpc) is 3.00. The first-order chi connectivity index (χ1) is 10.5. The first-order valence-corrected chi connectivity index (χ1v) is 8.81. The fourth-order valence-electron chi connectivity index (χ4n) is 3.78. The summed E-state index contributed by atoms with van der Waals surface area (Å²) in [7, 11) is 0. The van der Waals surface area contributed by atoms with Gasteiger partial charge in [0, 0.05) is 37.5 Å². The average molecular weight is 346 g/mol. The number of hydrogen-bond donors (Lipinski definition) is 2. The van der Waals surface area contributed by atoms with E-state index in [1.54, 1.807) is 0 Å². The third-order valence-electron chi connectivity index (χ3n) is 5.17. The molecule has 0 aromatic rings. The lowest BCUT2D eigenvalue weighted by Gasteiger charge is -2.38. The number of amides is 2. The summed E-state index contributed by atoms with van der Waals surface area (Å²) in [6.07, 6.45) is 6.70. The minimum absolute atomic E-state index is 0. The van der Waals surface area contributed by atoms with Crippen molar-refractivity contribution < 1.29 is 9.59 Å². The van der Waals surface area contributed by atoms with Crippen molar-refractivity contribution in [3.05, 3.63) is 0 Å². The summed E-state index contributed by atoms with van der Waals surface area (Å²) in [5.41, 5.74) is 5.82. The summed E-state index contributed by atoms with van der Waals surface area (Å²) in [5.74, 6) is 1.05. The fraction of sp³-hybridized carbons (Fsp3) is 0.882. The van der Waals surface area contributed by atoms with Gasteiger partial charge in [-0.05, 0) is 38.5 Å². The van der Waals surface area contributed by atoms with Crippen molar-refractivity contribution in [2.24, 2.45) is 17.6 Å². The summed E-state index contributed by atoms with van der Waals surface area (Å²) in [6.45, 7) is 5.47. The van der Waals surface area contributed by atoms with Crippen LogP contribution in [-0.4, -0.2) is 41.9 Å². The third-order valence-corrected chi connectivity index (χ3v) is 5.17. The van der Waals surface area contributed by atoms with Gasteiger partial charge >= 0.3 is 0 Å². The highest BCUT2D eigenvalue weighted by Crippen LogP contribution is 2.25. The molecule has 2 fully saturated rings. The van der Waals surface area contributed by atoms with Crippen LogP contribution in [0.2, 0.25) is 0 Å². The number of hydrogen-bond acceptors (Lipinski definition) is 3. The molecule has 3 N–H and O–H groups in total. The van der Waals surface area contributed by atoms with E-state index in [-0.39, 0.29) is 42.2 Å². The first-order valence-electron chi connectivity index (χ1n) is 8.81. The minimum Gasteiger partial charge on any atom is -0.353 e. The minimum atomic E-state index is -0.0987. The molecule has 2 aliphatic rings. The summed E-state index contributed by atoms with van der Waals surface area (Å²) in [6, 6.07) is 0.0624. The Morgan fingerprint density at radius 3 is 2.52 bits per heavy atom. The van der Waals surface area contributed by atoms with Gasteiger partial charge in [-0.25, -0.2) is 0 Å². The summed E-state index contributed by atoms with van der Waals surface area (Å²) < 4.78 is 0. The van der Waals surface area contributed by atoms with E-state index in [2.05, 4.69) is 12.2 Å². The second-order valence-electron chi connectivity index (χ2n) is 7.20. The molecule has 134 valence electrons. The van der Waals surface area contributed by atoms with Gasteiger partial charge in [0.15, 0.2) is 0 Å². The molecule has 3 unspecified atom stereocenters. The Balaban J connectivity index is 0.00000264. The van der Waals surface area contributed by atoms with Gasteiger partial charge in [0.2, 0.25) is 11.8 Å². The van der Waals surface area contributed by atoms with Crippen molar-refractivity contribution >= 4 is 24.2 Å². The Labute approximate surface area is 146 Å².